The van der Waals surface area contributed by atoms with Gasteiger partial charge in [-0.1, -0.05) is 23.7 Å². The zero-order valence-electron chi connectivity index (χ0n) is 14.2. The predicted molar refractivity (Wildman–Crippen MR) is 102 cm³/mol. The van der Waals surface area contributed by atoms with E-state index in [-0.39, 0.29) is 17.9 Å². The molecule has 0 saturated carbocycles. The summed E-state index contributed by atoms with van der Waals surface area (Å²) in [5.74, 6) is 0.366. The molecule has 3 rings (SSSR count). The van der Waals surface area contributed by atoms with Crippen LogP contribution in [0.1, 0.15) is 12.8 Å². The Hall–Kier alpha value is -2.86. The number of rotatable bonds is 6. The summed E-state index contributed by atoms with van der Waals surface area (Å²) in [7, 11) is 1.53. The molecule has 7 heteroatoms. The number of hydrogen-bond acceptors (Lipinski definition) is 4. The summed E-state index contributed by atoms with van der Waals surface area (Å²) < 4.78 is 6.73. The van der Waals surface area contributed by atoms with Gasteiger partial charge in [-0.05, 0) is 36.8 Å². The smallest absolute Gasteiger partial charge is 0.261 e. The Morgan fingerprint density at radius 2 is 2.08 bits per heavy atom. The minimum atomic E-state index is -0.174. The van der Waals surface area contributed by atoms with Gasteiger partial charge in [0.25, 0.3) is 5.56 Å². The third-order valence-electron chi connectivity index (χ3n) is 3.97. The summed E-state index contributed by atoms with van der Waals surface area (Å²) in [5, 5.41) is 3.86. The van der Waals surface area contributed by atoms with Crippen molar-refractivity contribution in [3.05, 3.63) is 64.2 Å². The molecule has 1 N–H and O–H groups in total. The van der Waals surface area contributed by atoms with Gasteiger partial charge in [-0.15, -0.1) is 0 Å². The number of methoxy groups -OCH3 is 1. The van der Waals surface area contributed by atoms with E-state index in [2.05, 4.69) is 10.3 Å². The number of nitrogens with zero attached hydrogens (tertiary/aromatic N) is 2. The highest BCUT2D eigenvalue weighted by molar-refractivity contribution is 6.31. The lowest BCUT2D eigenvalue weighted by molar-refractivity contribution is -0.116. The zero-order chi connectivity index (χ0) is 18.5. The fraction of sp³-hybridized carbons (Fsp3) is 0.211. The molecule has 1 amide bonds. The van der Waals surface area contributed by atoms with Crippen LogP contribution in [-0.2, 0) is 11.3 Å². The van der Waals surface area contributed by atoms with Gasteiger partial charge >= 0.3 is 0 Å². The molecule has 1 heterocycles. The molecule has 0 atom stereocenters. The van der Waals surface area contributed by atoms with Crippen molar-refractivity contribution >= 4 is 34.1 Å². The van der Waals surface area contributed by atoms with Crippen molar-refractivity contribution in [3.8, 4) is 5.75 Å². The summed E-state index contributed by atoms with van der Waals surface area (Å²) in [6, 6.07) is 12.2. The first kappa shape index (κ1) is 17.9. The molecule has 0 aliphatic carbocycles. The molecule has 2 aromatic carbocycles. The van der Waals surface area contributed by atoms with Crippen molar-refractivity contribution in [3.63, 3.8) is 0 Å². The van der Waals surface area contributed by atoms with E-state index >= 15 is 0 Å². The van der Waals surface area contributed by atoms with E-state index in [1.807, 2.05) is 12.1 Å². The first-order chi connectivity index (χ1) is 12.6. The fourth-order valence-corrected chi connectivity index (χ4v) is 2.84. The van der Waals surface area contributed by atoms with Crippen molar-refractivity contribution < 1.29 is 9.53 Å². The Labute approximate surface area is 155 Å². The van der Waals surface area contributed by atoms with Crippen LogP contribution in [0.2, 0.25) is 5.02 Å². The van der Waals surface area contributed by atoms with Gasteiger partial charge in [0.15, 0.2) is 0 Å². The van der Waals surface area contributed by atoms with Crippen LogP contribution in [0, 0.1) is 0 Å². The predicted octanol–water partition coefficient (Wildman–Crippen LogP) is 3.48. The molecule has 0 bridgehead atoms. The second kappa shape index (κ2) is 8.01. The molecule has 0 aliphatic rings. The monoisotopic (exact) mass is 371 g/mol. The molecule has 6 nitrogen and oxygen atoms in total. The maximum Gasteiger partial charge on any atom is 0.261 e. The number of aromatic nitrogens is 2. The maximum atomic E-state index is 12.4. The molecule has 0 unspecified atom stereocenters. The molecule has 1 aromatic heterocycles. The molecular weight excluding hydrogens is 354 g/mol. The molecule has 0 fully saturated rings. The highest BCUT2D eigenvalue weighted by Gasteiger charge is 2.09. The fourth-order valence-electron chi connectivity index (χ4n) is 2.67. The average Bonchev–Trinajstić information content (AvgIpc) is 2.64. The van der Waals surface area contributed by atoms with E-state index in [0.717, 1.165) is 0 Å². The average molecular weight is 372 g/mol. The van der Waals surface area contributed by atoms with Crippen LogP contribution in [0.4, 0.5) is 5.69 Å². The lowest BCUT2D eigenvalue weighted by Crippen LogP contribution is -2.21. The SMILES string of the molecule is COc1ccc(Cl)cc1NC(=O)CCCn1cnc2ccccc2c1=O. The third-order valence-corrected chi connectivity index (χ3v) is 4.21. The Balaban J connectivity index is 1.62. The number of fused-ring (bicyclic) bond motifs is 1. The van der Waals surface area contributed by atoms with Gasteiger partial charge < -0.3 is 10.1 Å². The van der Waals surface area contributed by atoms with Gasteiger partial charge in [0, 0.05) is 18.0 Å². The Bertz CT molecular complexity index is 1000. The van der Waals surface area contributed by atoms with Gasteiger partial charge in [-0.2, -0.15) is 0 Å². The number of amides is 1. The minimum absolute atomic E-state index is 0.104. The number of anilines is 1. The van der Waals surface area contributed by atoms with E-state index in [4.69, 9.17) is 16.3 Å². The summed E-state index contributed by atoms with van der Waals surface area (Å²) in [5.41, 5.74) is 1.08. The molecule has 3 aromatic rings. The van der Waals surface area contributed by atoms with Gasteiger partial charge in [0.2, 0.25) is 5.91 Å². The Kier molecular flexibility index (Phi) is 5.53. The van der Waals surface area contributed by atoms with E-state index in [1.165, 1.54) is 18.0 Å². The Morgan fingerprint density at radius 3 is 2.88 bits per heavy atom. The van der Waals surface area contributed by atoms with E-state index in [0.29, 0.717) is 40.3 Å². The Morgan fingerprint density at radius 1 is 1.27 bits per heavy atom. The van der Waals surface area contributed by atoms with Crippen molar-refractivity contribution in [1.82, 2.24) is 9.55 Å². The number of halogens is 1. The molecular formula is C19H18ClN3O3. The topological polar surface area (TPSA) is 73.2 Å². The number of nitrogens with one attached hydrogen (secondary N) is 1. The molecule has 0 spiro atoms. The molecule has 26 heavy (non-hydrogen) atoms. The number of aryl methyl sites for hydroxylation is 1. The maximum absolute atomic E-state index is 12.4. The van der Waals surface area contributed by atoms with Crippen LogP contribution in [0.5, 0.6) is 5.75 Å². The van der Waals surface area contributed by atoms with Gasteiger partial charge in [-0.25, -0.2) is 4.98 Å². The third kappa shape index (κ3) is 4.03. The first-order valence-corrected chi connectivity index (χ1v) is 8.54. The van der Waals surface area contributed by atoms with Crippen molar-refractivity contribution in [2.24, 2.45) is 0 Å². The van der Waals surface area contributed by atoms with Gasteiger partial charge in [0.05, 0.1) is 30.0 Å². The molecule has 134 valence electrons. The second-order valence-corrected chi connectivity index (χ2v) is 6.19. The first-order valence-electron chi connectivity index (χ1n) is 8.16. The number of para-hydroxylation sites is 1. The number of ether oxygens (including phenoxy) is 1. The van der Waals surface area contributed by atoms with Gasteiger partial charge in [0.1, 0.15) is 5.75 Å². The van der Waals surface area contributed by atoms with E-state index in [9.17, 15) is 9.59 Å². The summed E-state index contributed by atoms with van der Waals surface area (Å²) in [6.45, 7) is 0.413. The van der Waals surface area contributed by atoms with Crippen LogP contribution in [0.15, 0.2) is 53.6 Å². The summed E-state index contributed by atoms with van der Waals surface area (Å²) in [6.07, 6.45) is 2.28. The van der Waals surface area contributed by atoms with Crippen LogP contribution in [0.25, 0.3) is 10.9 Å². The zero-order valence-corrected chi connectivity index (χ0v) is 15.0. The molecule has 0 saturated heterocycles. The lowest BCUT2D eigenvalue weighted by atomic mass is 10.2. The lowest BCUT2D eigenvalue weighted by Gasteiger charge is -2.11. The van der Waals surface area contributed by atoms with Crippen LogP contribution in [-0.4, -0.2) is 22.6 Å². The van der Waals surface area contributed by atoms with Crippen LogP contribution >= 0.6 is 11.6 Å². The highest BCUT2D eigenvalue weighted by atomic mass is 35.5. The molecule has 0 aliphatic heterocycles. The quantitative estimate of drug-likeness (QED) is 0.720. The number of benzene rings is 2. The minimum Gasteiger partial charge on any atom is -0.495 e. The number of carbonyl (C=O) groups is 1. The second-order valence-electron chi connectivity index (χ2n) is 5.76. The normalized spacial score (nSPS) is 10.7. The number of hydrogen-bond donors (Lipinski definition) is 1. The molecule has 0 radical (unpaired) electrons. The summed E-state index contributed by atoms with van der Waals surface area (Å²) >= 11 is 5.95. The van der Waals surface area contributed by atoms with Crippen LogP contribution in [0.3, 0.4) is 0 Å². The van der Waals surface area contributed by atoms with Crippen molar-refractivity contribution in [2.75, 3.05) is 12.4 Å². The highest BCUT2D eigenvalue weighted by Crippen LogP contribution is 2.27. The summed E-state index contributed by atoms with van der Waals surface area (Å²) in [4.78, 5) is 28.8. The van der Waals surface area contributed by atoms with Gasteiger partial charge in [-0.3, -0.25) is 14.2 Å². The van der Waals surface area contributed by atoms with Crippen molar-refractivity contribution in [2.45, 2.75) is 19.4 Å². The largest absolute Gasteiger partial charge is 0.495 e. The van der Waals surface area contributed by atoms with E-state index in [1.54, 1.807) is 30.3 Å². The van der Waals surface area contributed by atoms with Crippen LogP contribution < -0.4 is 15.6 Å². The van der Waals surface area contributed by atoms with Crippen molar-refractivity contribution in [1.29, 1.82) is 0 Å². The standard InChI is InChI=1S/C19H18ClN3O3/c1-26-17-9-8-13(20)11-16(17)22-18(24)7-4-10-23-12-21-15-6-3-2-5-14(15)19(23)25/h2-3,5-6,8-9,11-12H,4,7,10H2,1H3,(H,22,24). The number of carbonyl (C=O) groups excluding carboxylic acids is 1. The van der Waals surface area contributed by atoms with E-state index < -0.39 is 0 Å².